The highest BCUT2D eigenvalue weighted by molar-refractivity contribution is 5.93. The molecule has 7 heteroatoms. The van der Waals surface area contributed by atoms with E-state index in [9.17, 15) is 9.18 Å². The summed E-state index contributed by atoms with van der Waals surface area (Å²) in [5.41, 5.74) is 0.663. The lowest BCUT2D eigenvalue weighted by Gasteiger charge is -2.26. The molecule has 1 fully saturated rings. The van der Waals surface area contributed by atoms with E-state index in [0.717, 1.165) is 5.39 Å². The summed E-state index contributed by atoms with van der Waals surface area (Å²) >= 11 is 0. The second kappa shape index (κ2) is 5.61. The SMILES string of the molecule is O=C(O)c1ccc2cnc(N[C@@H]3CCOC[C@H]3F)nc2c1. The van der Waals surface area contributed by atoms with Gasteiger partial charge >= 0.3 is 5.97 Å². The van der Waals surface area contributed by atoms with Crippen LogP contribution in [0.5, 0.6) is 0 Å². The van der Waals surface area contributed by atoms with E-state index < -0.39 is 12.1 Å². The number of carboxylic acids is 1. The summed E-state index contributed by atoms with van der Waals surface area (Å²) in [4.78, 5) is 19.4. The fourth-order valence-corrected chi connectivity index (χ4v) is 2.26. The average molecular weight is 291 g/mol. The van der Waals surface area contributed by atoms with Gasteiger partial charge in [-0.1, -0.05) is 6.07 Å². The highest BCUT2D eigenvalue weighted by atomic mass is 19.1. The molecule has 0 aliphatic carbocycles. The van der Waals surface area contributed by atoms with Crippen LogP contribution < -0.4 is 5.32 Å². The van der Waals surface area contributed by atoms with E-state index in [0.29, 0.717) is 24.5 Å². The molecule has 0 spiro atoms. The zero-order chi connectivity index (χ0) is 14.8. The number of alkyl halides is 1. The lowest BCUT2D eigenvalue weighted by molar-refractivity contribution is 0.0284. The van der Waals surface area contributed by atoms with Gasteiger partial charge in [0.05, 0.1) is 23.7 Å². The van der Waals surface area contributed by atoms with Crippen LogP contribution in [0.25, 0.3) is 10.9 Å². The quantitative estimate of drug-likeness (QED) is 0.898. The van der Waals surface area contributed by atoms with Crippen molar-refractivity contribution in [3.8, 4) is 0 Å². The van der Waals surface area contributed by atoms with Crippen molar-refractivity contribution in [3.63, 3.8) is 0 Å². The Morgan fingerprint density at radius 2 is 2.33 bits per heavy atom. The Hall–Kier alpha value is -2.28. The number of ether oxygens (including phenoxy) is 1. The standard InChI is InChI=1S/C14H14FN3O3/c15-10-7-21-4-3-11(10)17-14-16-6-9-2-1-8(13(19)20)5-12(9)18-14/h1-2,5-6,10-11H,3-4,7H2,(H,19,20)(H,16,17,18)/t10-,11-/m1/s1. The Balaban J connectivity index is 1.87. The van der Waals surface area contributed by atoms with Gasteiger partial charge in [-0.2, -0.15) is 0 Å². The normalized spacial score (nSPS) is 22.1. The number of nitrogens with one attached hydrogen (secondary N) is 1. The fourth-order valence-electron chi connectivity index (χ4n) is 2.26. The zero-order valence-corrected chi connectivity index (χ0v) is 11.1. The van der Waals surface area contributed by atoms with Gasteiger partial charge in [0.1, 0.15) is 6.17 Å². The van der Waals surface area contributed by atoms with Crippen molar-refractivity contribution >= 4 is 22.8 Å². The average Bonchev–Trinajstić information content (AvgIpc) is 2.49. The molecule has 2 atom stereocenters. The number of halogens is 1. The highest BCUT2D eigenvalue weighted by Gasteiger charge is 2.25. The van der Waals surface area contributed by atoms with Crippen molar-refractivity contribution in [2.45, 2.75) is 18.6 Å². The molecule has 0 radical (unpaired) electrons. The number of nitrogens with zero attached hydrogens (tertiary/aromatic N) is 2. The van der Waals surface area contributed by atoms with Crippen molar-refractivity contribution in [2.75, 3.05) is 18.5 Å². The third-order valence-corrected chi connectivity index (χ3v) is 3.43. The van der Waals surface area contributed by atoms with Gasteiger partial charge < -0.3 is 15.2 Å². The van der Waals surface area contributed by atoms with Crippen LogP contribution in [0.15, 0.2) is 24.4 Å². The molecule has 1 aromatic heterocycles. The summed E-state index contributed by atoms with van der Waals surface area (Å²) in [5, 5.41) is 12.7. The number of benzene rings is 1. The summed E-state index contributed by atoms with van der Waals surface area (Å²) in [6, 6.07) is 4.23. The zero-order valence-electron chi connectivity index (χ0n) is 11.1. The molecule has 2 N–H and O–H groups in total. The third-order valence-electron chi connectivity index (χ3n) is 3.43. The molecule has 0 saturated carbocycles. The molecule has 110 valence electrons. The van der Waals surface area contributed by atoms with E-state index in [1.165, 1.54) is 12.1 Å². The maximum atomic E-state index is 13.7. The van der Waals surface area contributed by atoms with E-state index in [4.69, 9.17) is 9.84 Å². The summed E-state index contributed by atoms with van der Waals surface area (Å²) in [5.74, 6) is -0.724. The Bertz CT molecular complexity index is 680. The second-order valence-corrected chi connectivity index (χ2v) is 4.90. The number of hydrogen-bond acceptors (Lipinski definition) is 5. The van der Waals surface area contributed by atoms with Crippen molar-refractivity contribution in [1.82, 2.24) is 9.97 Å². The van der Waals surface area contributed by atoms with Crippen LogP contribution in [-0.2, 0) is 4.74 Å². The number of hydrogen-bond donors (Lipinski definition) is 2. The number of anilines is 1. The molecule has 0 amide bonds. The molecule has 3 rings (SSSR count). The molecular weight excluding hydrogens is 277 g/mol. The summed E-state index contributed by atoms with van der Waals surface area (Å²) in [6.07, 6.45) is 1.02. The number of aromatic carboxylic acids is 1. The van der Waals surface area contributed by atoms with E-state index >= 15 is 0 Å². The van der Waals surface area contributed by atoms with Crippen molar-refractivity contribution in [1.29, 1.82) is 0 Å². The first-order chi connectivity index (χ1) is 10.1. The smallest absolute Gasteiger partial charge is 0.335 e. The molecule has 1 aliphatic heterocycles. The van der Waals surface area contributed by atoms with Gasteiger partial charge in [0, 0.05) is 18.2 Å². The maximum Gasteiger partial charge on any atom is 0.335 e. The van der Waals surface area contributed by atoms with Crippen molar-refractivity contribution < 1.29 is 19.0 Å². The lowest BCUT2D eigenvalue weighted by Crippen LogP contribution is -2.39. The minimum absolute atomic E-state index is 0.0639. The molecule has 2 heterocycles. The van der Waals surface area contributed by atoms with Crippen LogP contribution in [-0.4, -0.2) is 46.5 Å². The largest absolute Gasteiger partial charge is 0.478 e. The van der Waals surface area contributed by atoms with E-state index in [1.807, 2.05) is 0 Å². The number of fused-ring (bicyclic) bond motifs is 1. The van der Waals surface area contributed by atoms with E-state index in [-0.39, 0.29) is 18.2 Å². The van der Waals surface area contributed by atoms with Crippen LogP contribution in [0, 0.1) is 0 Å². The van der Waals surface area contributed by atoms with Gasteiger partial charge in [0.25, 0.3) is 0 Å². The Labute approximate surface area is 120 Å². The first kappa shape index (κ1) is 13.7. The molecular formula is C14H14FN3O3. The Kier molecular flexibility index (Phi) is 3.66. The summed E-state index contributed by atoms with van der Waals surface area (Å²) < 4.78 is 18.7. The fraction of sp³-hybridized carbons (Fsp3) is 0.357. The maximum absolute atomic E-state index is 13.7. The Morgan fingerprint density at radius 1 is 1.48 bits per heavy atom. The molecule has 1 saturated heterocycles. The lowest BCUT2D eigenvalue weighted by atomic mass is 10.1. The second-order valence-electron chi connectivity index (χ2n) is 4.90. The van der Waals surface area contributed by atoms with Crippen molar-refractivity contribution in [3.05, 3.63) is 30.0 Å². The van der Waals surface area contributed by atoms with E-state index in [1.54, 1.807) is 12.3 Å². The molecule has 0 bridgehead atoms. The molecule has 21 heavy (non-hydrogen) atoms. The number of carboxylic acid groups (broad SMARTS) is 1. The molecule has 6 nitrogen and oxygen atoms in total. The van der Waals surface area contributed by atoms with Crippen LogP contribution >= 0.6 is 0 Å². The van der Waals surface area contributed by atoms with Crippen LogP contribution in [0.1, 0.15) is 16.8 Å². The van der Waals surface area contributed by atoms with Gasteiger partial charge in [-0.05, 0) is 18.6 Å². The van der Waals surface area contributed by atoms with Gasteiger partial charge in [0.2, 0.25) is 5.95 Å². The van der Waals surface area contributed by atoms with Gasteiger partial charge in [-0.15, -0.1) is 0 Å². The first-order valence-corrected chi connectivity index (χ1v) is 6.62. The topological polar surface area (TPSA) is 84.3 Å². The van der Waals surface area contributed by atoms with Gasteiger partial charge in [0.15, 0.2) is 0 Å². The minimum Gasteiger partial charge on any atom is -0.478 e. The molecule has 1 aromatic carbocycles. The first-order valence-electron chi connectivity index (χ1n) is 6.62. The van der Waals surface area contributed by atoms with Crippen LogP contribution in [0.2, 0.25) is 0 Å². The van der Waals surface area contributed by atoms with Gasteiger partial charge in [-0.3, -0.25) is 0 Å². The minimum atomic E-state index is -1.11. The summed E-state index contributed by atoms with van der Waals surface area (Å²) in [6.45, 7) is 0.559. The molecule has 0 unspecified atom stereocenters. The number of aromatic nitrogens is 2. The van der Waals surface area contributed by atoms with Crippen LogP contribution in [0.3, 0.4) is 0 Å². The monoisotopic (exact) mass is 291 g/mol. The van der Waals surface area contributed by atoms with Gasteiger partial charge in [-0.25, -0.2) is 19.2 Å². The number of carbonyl (C=O) groups is 1. The predicted molar refractivity (Wildman–Crippen MR) is 74.2 cm³/mol. The Morgan fingerprint density at radius 3 is 3.10 bits per heavy atom. The predicted octanol–water partition coefficient (Wildman–Crippen LogP) is 1.87. The van der Waals surface area contributed by atoms with Crippen LogP contribution in [0.4, 0.5) is 10.3 Å². The highest BCUT2D eigenvalue weighted by Crippen LogP contribution is 2.18. The number of rotatable bonds is 3. The third kappa shape index (κ3) is 2.92. The molecule has 2 aromatic rings. The van der Waals surface area contributed by atoms with E-state index in [2.05, 4.69) is 15.3 Å². The molecule has 1 aliphatic rings. The van der Waals surface area contributed by atoms with Crippen molar-refractivity contribution in [2.24, 2.45) is 0 Å². The summed E-state index contributed by atoms with van der Waals surface area (Å²) in [7, 11) is 0.